The van der Waals surface area contributed by atoms with Crippen molar-refractivity contribution in [2.75, 3.05) is 6.54 Å². The summed E-state index contributed by atoms with van der Waals surface area (Å²) in [5.74, 6) is -1.28. The molecule has 0 aliphatic carbocycles. The van der Waals surface area contributed by atoms with Crippen molar-refractivity contribution in [3.05, 3.63) is 71.0 Å². The van der Waals surface area contributed by atoms with Crippen molar-refractivity contribution in [3.8, 4) is 0 Å². The maximum atomic E-state index is 13.1. The maximum absolute atomic E-state index is 13.1. The number of carboxylic acids is 1. The monoisotopic (exact) mass is 370 g/mol. The highest BCUT2D eigenvalue weighted by molar-refractivity contribution is 5.87. The minimum Gasteiger partial charge on any atom is -0.478 e. The highest BCUT2D eigenvalue weighted by atomic mass is 19.1. The number of nitrogens with zero attached hydrogens (tertiary/aromatic N) is 1. The lowest BCUT2D eigenvalue weighted by Gasteiger charge is -2.25. The fourth-order valence-electron chi connectivity index (χ4n) is 3.44. The van der Waals surface area contributed by atoms with Crippen molar-refractivity contribution in [2.45, 2.75) is 38.4 Å². The molecule has 1 aliphatic rings. The van der Waals surface area contributed by atoms with Gasteiger partial charge in [0.25, 0.3) is 0 Å². The molecule has 1 unspecified atom stereocenters. The van der Waals surface area contributed by atoms with E-state index in [1.807, 2.05) is 6.92 Å². The Morgan fingerprint density at radius 2 is 1.85 bits per heavy atom. The zero-order valence-corrected chi connectivity index (χ0v) is 15.2. The molecule has 6 heteroatoms. The van der Waals surface area contributed by atoms with E-state index in [9.17, 15) is 14.0 Å². The Bertz CT molecular complexity index is 805. The second kappa shape index (κ2) is 8.31. The van der Waals surface area contributed by atoms with Crippen LogP contribution < -0.4 is 5.32 Å². The summed E-state index contributed by atoms with van der Waals surface area (Å²) < 4.78 is 13.1. The van der Waals surface area contributed by atoms with E-state index in [1.54, 1.807) is 24.3 Å². The van der Waals surface area contributed by atoms with Crippen LogP contribution in [0.3, 0.4) is 0 Å². The molecule has 1 amide bonds. The summed E-state index contributed by atoms with van der Waals surface area (Å²) in [5.41, 5.74) is 2.06. The molecule has 0 aromatic heterocycles. The summed E-state index contributed by atoms with van der Waals surface area (Å²) in [6, 6.07) is 12.5. The molecular weight excluding hydrogens is 347 g/mol. The molecule has 142 valence electrons. The zero-order valence-electron chi connectivity index (χ0n) is 15.2. The van der Waals surface area contributed by atoms with Crippen molar-refractivity contribution >= 4 is 11.9 Å². The summed E-state index contributed by atoms with van der Waals surface area (Å²) in [4.78, 5) is 25.8. The van der Waals surface area contributed by atoms with Gasteiger partial charge in [0.1, 0.15) is 5.82 Å². The van der Waals surface area contributed by atoms with E-state index in [4.69, 9.17) is 5.11 Å². The molecule has 1 fully saturated rings. The van der Waals surface area contributed by atoms with Crippen molar-refractivity contribution < 1.29 is 19.1 Å². The van der Waals surface area contributed by atoms with Crippen LogP contribution in [0.25, 0.3) is 0 Å². The zero-order chi connectivity index (χ0) is 19.4. The Kier molecular flexibility index (Phi) is 5.86. The van der Waals surface area contributed by atoms with Crippen molar-refractivity contribution in [3.63, 3.8) is 0 Å². The summed E-state index contributed by atoms with van der Waals surface area (Å²) in [6.45, 7) is 3.32. The van der Waals surface area contributed by atoms with Crippen LogP contribution in [0.5, 0.6) is 0 Å². The van der Waals surface area contributed by atoms with Gasteiger partial charge >= 0.3 is 5.97 Å². The van der Waals surface area contributed by atoms with Crippen LogP contribution in [0.1, 0.15) is 47.3 Å². The number of carboxylic acid groups (broad SMARTS) is 1. The molecule has 0 radical (unpaired) electrons. The van der Waals surface area contributed by atoms with E-state index in [-0.39, 0.29) is 29.4 Å². The van der Waals surface area contributed by atoms with Gasteiger partial charge < -0.3 is 10.4 Å². The SMILES string of the molecule is C[C@@H](NC(=O)C1CCCN1Cc1ccc(F)cc1)c1ccc(C(=O)O)cc1. The molecule has 0 saturated carbocycles. The Morgan fingerprint density at radius 1 is 1.19 bits per heavy atom. The number of rotatable bonds is 6. The number of halogens is 1. The van der Waals surface area contributed by atoms with Crippen molar-refractivity contribution in [1.82, 2.24) is 10.2 Å². The molecule has 1 aliphatic heterocycles. The smallest absolute Gasteiger partial charge is 0.335 e. The number of aromatic carboxylic acids is 1. The van der Waals surface area contributed by atoms with Crippen LogP contribution in [0.2, 0.25) is 0 Å². The van der Waals surface area contributed by atoms with Gasteiger partial charge in [0.05, 0.1) is 17.6 Å². The van der Waals surface area contributed by atoms with Gasteiger partial charge in [-0.3, -0.25) is 9.69 Å². The second-order valence-electron chi connectivity index (χ2n) is 6.91. The number of hydrogen-bond acceptors (Lipinski definition) is 3. The van der Waals surface area contributed by atoms with Gasteiger partial charge in [0.2, 0.25) is 5.91 Å². The van der Waals surface area contributed by atoms with Crippen LogP contribution in [0.4, 0.5) is 4.39 Å². The third-order valence-electron chi connectivity index (χ3n) is 4.98. The molecule has 27 heavy (non-hydrogen) atoms. The van der Waals surface area contributed by atoms with E-state index < -0.39 is 5.97 Å². The van der Waals surface area contributed by atoms with E-state index in [0.717, 1.165) is 30.5 Å². The van der Waals surface area contributed by atoms with Crippen LogP contribution in [0, 0.1) is 5.82 Å². The van der Waals surface area contributed by atoms with Crippen molar-refractivity contribution in [1.29, 1.82) is 0 Å². The normalized spacial score (nSPS) is 18.2. The third-order valence-corrected chi connectivity index (χ3v) is 4.98. The number of benzene rings is 2. The van der Waals surface area contributed by atoms with Gasteiger partial charge in [-0.1, -0.05) is 24.3 Å². The first-order valence-electron chi connectivity index (χ1n) is 9.06. The van der Waals surface area contributed by atoms with Gasteiger partial charge in [-0.05, 0) is 61.7 Å². The second-order valence-corrected chi connectivity index (χ2v) is 6.91. The quantitative estimate of drug-likeness (QED) is 0.818. The topological polar surface area (TPSA) is 69.6 Å². The van der Waals surface area contributed by atoms with E-state index in [1.165, 1.54) is 24.3 Å². The first-order chi connectivity index (χ1) is 12.9. The minimum atomic E-state index is -0.972. The van der Waals surface area contributed by atoms with Gasteiger partial charge in [-0.2, -0.15) is 0 Å². The van der Waals surface area contributed by atoms with Crippen LogP contribution in [-0.4, -0.2) is 34.5 Å². The largest absolute Gasteiger partial charge is 0.478 e. The molecule has 2 atom stereocenters. The predicted molar refractivity (Wildman–Crippen MR) is 99.8 cm³/mol. The molecule has 2 aromatic rings. The summed E-state index contributed by atoms with van der Waals surface area (Å²) in [7, 11) is 0. The number of nitrogens with one attached hydrogen (secondary N) is 1. The molecule has 2 aromatic carbocycles. The third kappa shape index (κ3) is 4.71. The highest BCUT2D eigenvalue weighted by Gasteiger charge is 2.31. The molecule has 1 saturated heterocycles. The fraction of sp³-hybridized carbons (Fsp3) is 0.333. The average Bonchev–Trinajstić information content (AvgIpc) is 3.12. The average molecular weight is 370 g/mol. The van der Waals surface area contributed by atoms with Gasteiger partial charge in [0, 0.05) is 6.54 Å². The molecule has 1 heterocycles. The van der Waals surface area contributed by atoms with Crippen LogP contribution >= 0.6 is 0 Å². The van der Waals surface area contributed by atoms with Crippen LogP contribution in [0.15, 0.2) is 48.5 Å². The predicted octanol–water partition coefficient (Wildman–Crippen LogP) is 3.37. The minimum absolute atomic E-state index is 0.0376. The number of hydrogen-bond donors (Lipinski definition) is 2. The van der Waals surface area contributed by atoms with E-state index in [2.05, 4.69) is 10.2 Å². The maximum Gasteiger partial charge on any atom is 0.335 e. The lowest BCUT2D eigenvalue weighted by atomic mass is 10.1. The standard InChI is InChI=1S/C21H23FN2O3/c1-14(16-6-8-17(9-7-16)21(26)27)23-20(25)19-3-2-12-24(19)13-15-4-10-18(22)11-5-15/h4-11,14,19H,2-3,12-13H2,1H3,(H,23,25)(H,26,27)/t14-,19?/m1/s1. The van der Waals surface area contributed by atoms with Gasteiger partial charge in [-0.25, -0.2) is 9.18 Å². The molecule has 0 bridgehead atoms. The Balaban J connectivity index is 1.61. The summed E-state index contributed by atoms with van der Waals surface area (Å²) in [6.07, 6.45) is 1.73. The lowest BCUT2D eigenvalue weighted by molar-refractivity contribution is -0.126. The Labute approximate surface area is 157 Å². The summed E-state index contributed by atoms with van der Waals surface area (Å²) >= 11 is 0. The Morgan fingerprint density at radius 3 is 2.48 bits per heavy atom. The molecule has 0 spiro atoms. The van der Waals surface area contributed by atoms with E-state index in [0.29, 0.717) is 6.54 Å². The van der Waals surface area contributed by atoms with Gasteiger partial charge in [0.15, 0.2) is 0 Å². The number of amides is 1. The Hall–Kier alpha value is -2.73. The molecule has 2 N–H and O–H groups in total. The van der Waals surface area contributed by atoms with Crippen molar-refractivity contribution in [2.24, 2.45) is 0 Å². The fourth-order valence-corrected chi connectivity index (χ4v) is 3.44. The first kappa shape index (κ1) is 19.0. The van der Waals surface area contributed by atoms with Crippen LogP contribution in [-0.2, 0) is 11.3 Å². The number of carbonyl (C=O) groups is 2. The van der Waals surface area contributed by atoms with E-state index >= 15 is 0 Å². The number of carbonyl (C=O) groups excluding carboxylic acids is 1. The molecule has 5 nitrogen and oxygen atoms in total. The molecular formula is C21H23FN2O3. The lowest BCUT2D eigenvalue weighted by Crippen LogP contribution is -2.43. The highest BCUT2D eigenvalue weighted by Crippen LogP contribution is 2.22. The van der Waals surface area contributed by atoms with Gasteiger partial charge in [-0.15, -0.1) is 0 Å². The first-order valence-corrected chi connectivity index (χ1v) is 9.06. The summed E-state index contributed by atoms with van der Waals surface area (Å²) in [5, 5.41) is 12.0. The number of likely N-dealkylation sites (tertiary alicyclic amines) is 1. The molecule has 3 rings (SSSR count).